The van der Waals surface area contributed by atoms with E-state index >= 15 is 0 Å². The van der Waals surface area contributed by atoms with Crippen molar-refractivity contribution >= 4 is 39.1 Å². The standard InChI is InChI=1S/C30H36ClN3O4S/c1-6-23(4)32-30(36)24(5)33(19-25-13-15-26(31)16-14-25)29(35)20-34(28-10-8-7-9-22(28)3)39(37,38)27-17-11-21(2)12-18-27/h7-18,23-24H,6,19-20H2,1-5H3,(H,32,36)/t23-,24+/m0/s1. The zero-order valence-electron chi connectivity index (χ0n) is 23.0. The first kappa shape index (κ1) is 30.2. The van der Waals surface area contributed by atoms with Crippen LogP contribution < -0.4 is 9.62 Å². The van der Waals surface area contributed by atoms with E-state index in [4.69, 9.17) is 11.6 Å². The van der Waals surface area contributed by atoms with E-state index in [0.29, 0.717) is 16.3 Å². The van der Waals surface area contributed by atoms with Crippen LogP contribution in [0.4, 0.5) is 5.69 Å². The van der Waals surface area contributed by atoms with Gasteiger partial charge in [0.05, 0.1) is 10.6 Å². The Kier molecular flexibility index (Phi) is 10.2. The number of hydrogen-bond donors (Lipinski definition) is 1. The van der Waals surface area contributed by atoms with Crippen molar-refractivity contribution in [3.8, 4) is 0 Å². The van der Waals surface area contributed by atoms with Crippen molar-refractivity contribution in [1.82, 2.24) is 10.2 Å². The second-order valence-electron chi connectivity index (χ2n) is 9.75. The molecule has 0 aromatic heterocycles. The van der Waals surface area contributed by atoms with Gasteiger partial charge in [-0.05, 0) is 75.6 Å². The van der Waals surface area contributed by atoms with E-state index in [2.05, 4.69) is 5.32 Å². The number of anilines is 1. The summed E-state index contributed by atoms with van der Waals surface area (Å²) in [7, 11) is -4.10. The molecular weight excluding hydrogens is 534 g/mol. The number of sulfonamides is 1. The molecule has 1 N–H and O–H groups in total. The number of rotatable bonds is 11. The summed E-state index contributed by atoms with van der Waals surface area (Å²) >= 11 is 6.05. The number of nitrogens with one attached hydrogen (secondary N) is 1. The number of halogens is 1. The Hall–Kier alpha value is -3.36. The number of amides is 2. The summed E-state index contributed by atoms with van der Waals surface area (Å²) in [5.41, 5.74) is 2.78. The number of carbonyl (C=O) groups excluding carboxylic acids is 2. The third kappa shape index (κ3) is 7.61. The first-order valence-corrected chi connectivity index (χ1v) is 14.7. The van der Waals surface area contributed by atoms with E-state index in [9.17, 15) is 18.0 Å². The van der Waals surface area contributed by atoms with Gasteiger partial charge in [0, 0.05) is 17.6 Å². The van der Waals surface area contributed by atoms with Gasteiger partial charge in [0.25, 0.3) is 10.0 Å². The predicted molar refractivity (Wildman–Crippen MR) is 156 cm³/mol. The molecule has 2 amide bonds. The second-order valence-corrected chi connectivity index (χ2v) is 12.1. The molecule has 0 aliphatic carbocycles. The highest BCUT2D eigenvalue weighted by Crippen LogP contribution is 2.27. The van der Waals surface area contributed by atoms with Gasteiger partial charge in [-0.2, -0.15) is 0 Å². The molecule has 0 saturated heterocycles. The summed E-state index contributed by atoms with van der Waals surface area (Å²) < 4.78 is 28.9. The van der Waals surface area contributed by atoms with Crippen molar-refractivity contribution in [3.63, 3.8) is 0 Å². The first-order valence-electron chi connectivity index (χ1n) is 12.9. The van der Waals surface area contributed by atoms with Gasteiger partial charge in [0.2, 0.25) is 11.8 Å². The molecule has 208 valence electrons. The highest BCUT2D eigenvalue weighted by Gasteiger charge is 2.33. The van der Waals surface area contributed by atoms with E-state index in [1.54, 1.807) is 68.4 Å². The second kappa shape index (κ2) is 13.1. The predicted octanol–water partition coefficient (Wildman–Crippen LogP) is 5.48. The minimum atomic E-state index is -4.10. The highest BCUT2D eigenvalue weighted by atomic mass is 35.5. The maximum absolute atomic E-state index is 14.0. The highest BCUT2D eigenvalue weighted by molar-refractivity contribution is 7.92. The van der Waals surface area contributed by atoms with Crippen molar-refractivity contribution in [2.75, 3.05) is 10.8 Å². The zero-order valence-corrected chi connectivity index (χ0v) is 24.6. The third-order valence-corrected chi connectivity index (χ3v) is 8.73. The number of para-hydroxylation sites is 1. The zero-order chi connectivity index (χ0) is 28.7. The van der Waals surface area contributed by atoms with Crippen LogP contribution in [-0.2, 0) is 26.2 Å². The number of hydrogen-bond acceptors (Lipinski definition) is 4. The lowest BCUT2D eigenvalue weighted by molar-refractivity contribution is -0.139. The molecule has 0 spiro atoms. The molecule has 3 rings (SSSR count). The maximum atomic E-state index is 14.0. The summed E-state index contributed by atoms with van der Waals surface area (Å²) in [6.07, 6.45) is 0.736. The van der Waals surface area contributed by atoms with Crippen LogP contribution >= 0.6 is 11.6 Å². The first-order chi connectivity index (χ1) is 18.4. The fraction of sp³-hybridized carbons (Fsp3) is 0.333. The van der Waals surface area contributed by atoms with Crippen LogP contribution in [0.2, 0.25) is 5.02 Å². The number of aryl methyl sites for hydroxylation is 2. The van der Waals surface area contributed by atoms with Crippen LogP contribution in [0, 0.1) is 13.8 Å². The Morgan fingerprint density at radius 2 is 1.54 bits per heavy atom. The lowest BCUT2D eigenvalue weighted by atomic mass is 10.1. The monoisotopic (exact) mass is 569 g/mol. The Labute approximate surface area is 236 Å². The molecule has 0 aliphatic rings. The van der Waals surface area contributed by atoms with E-state index < -0.39 is 28.5 Å². The third-order valence-electron chi connectivity index (χ3n) is 6.71. The molecule has 0 bridgehead atoms. The van der Waals surface area contributed by atoms with Gasteiger partial charge >= 0.3 is 0 Å². The van der Waals surface area contributed by atoms with Crippen molar-refractivity contribution in [1.29, 1.82) is 0 Å². The maximum Gasteiger partial charge on any atom is 0.264 e. The van der Waals surface area contributed by atoms with Gasteiger partial charge in [-0.1, -0.05) is 66.6 Å². The Bertz CT molecular complexity index is 1390. The average Bonchev–Trinajstić information content (AvgIpc) is 2.91. The molecule has 2 atom stereocenters. The quantitative estimate of drug-likeness (QED) is 0.331. The molecule has 7 nitrogen and oxygen atoms in total. The fourth-order valence-electron chi connectivity index (χ4n) is 4.03. The van der Waals surface area contributed by atoms with Crippen molar-refractivity contribution < 1.29 is 18.0 Å². The molecular formula is C30H36ClN3O4S. The molecule has 3 aromatic carbocycles. The summed E-state index contributed by atoms with van der Waals surface area (Å²) in [5, 5.41) is 3.48. The molecule has 9 heteroatoms. The molecule has 0 heterocycles. The minimum absolute atomic E-state index is 0.0715. The summed E-state index contributed by atoms with van der Waals surface area (Å²) in [6, 6.07) is 19.6. The van der Waals surface area contributed by atoms with Gasteiger partial charge in [-0.3, -0.25) is 13.9 Å². The molecule has 0 fully saturated rings. The molecule has 3 aromatic rings. The molecule has 0 radical (unpaired) electrons. The molecule has 0 unspecified atom stereocenters. The smallest absolute Gasteiger partial charge is 0.264 e. The Morgan fingerprint density at radius 1 is 0.923 bits per heavy atom. The largest absolute Gasteiger partial charge is 0.352 e. The van der Waals surface area contributed by atoms with Gasteiger partial charge in [-0.25, -0.2) is 8.42 Å². The minimum Gasteiger partial charge on any atom is -0.352 e. The normalized spacial score (nSPS) is 12.9. The average molecular weight is 570 g/mol. The van der Waals surface area contributed by atoms with Crippen molar-refractivity contribution in [3.05, 3.63) is 94.5 Å². The van der Waals surface area contributed by atoms with E-state index in [1.807, 2.05) is 26.8 Å². The van der Waals surface area contributed by atoms with Gasteiger partial charge in [-0.15, -0.1) is 0 Å². The van der Waals surface area contributed by atoms with E-state index in [-0.39, 0.29) is 23.4 Å². The Balaban J connectivity index is 2.03. The van der Waals surface area contributed by atoms with E-state index in [0.717, 1.165) is 21.9 Å². The van der Waals surface area contributed by atoms with Crippen LogP contribution in [0.25, 0.3) is 0 Å². The number of nitrogens with zero attached hydrogens (tertiary/aromatic N) is 2. The number of benzene rings is 3. The lowest BCUT2D eigenvalue weighted by Crippen LogP contribution is -2.52. The van der Waals surface area contributed by atoms with E-state index in [1.165, 1.54) is 17.0 Å². The molecule has 39 heavy (non-hydrogen) atoms. The summed E-state index contributed by atoms with van der Waals surface area (Å²) in [5.74, 6) is -0.814. The van der Waals surface area contributed by atoms with Gasteiger partial charge in [0.1, 0.15) is 12.6 Å². The Morgan fingerprint density at radius 3 is 2.13 bits per heavy atom. The van der Waals surface area contributed by atoms with Gasteiger partial charge < -0.3 is 10.2 Å². The number of carbonyl (C=O) groups is 2. The summed E-state index contributed by atoms with van der Waals surface area (Å²) in [4.78, 5) is 28.6. The van der Waals surface area contributed by atoms with Crippen molar-refractivity contribution in [2.24, 2.45) is 0 Å². The SMILES string of the molecule is CC[C@H](C)NC(=O)[C@@H](C)N(Cc1ccc(Cl)cc1)C(=O)CN(c1ccccc1C)S(=O)(=O)c1ccc(C)cc1. The van der Waals surface area contributed by atoms with Crippen LogP contribution in [0.5, 0.6) is 0 Å². The lowest BCUT2D eigenvalue weighted by Gasteiger charge is -2.33. The van der Waals surface area contributed by atoms with Crippen molar-refractivity contribution in [2.45, 2.75) is 64.6 Å². The fourth-order valence-corrected chi connectivity index (χ4v) is 5.63. The topological polar surface area (TPSA) is 86.8 Å². The van der Waals surface area contributed by atoms with Crippen LogP contribution in [0.1, 0.15) is 43.9 Å². The van der Waals surface area contributed by atoms with Crippen LogP contribution in [0.3, 0.4) is 0 Å². The van der Waals surface area contributed by atoms with Crippen LogP contribution in [0.15, 0.2) is 77.7 Å². The summed E-state index contributed by atoms with van der Waals surface area (Å²) in [6.45, 7) is 8.81. The molecule has 0 aliphatic heterocycles. The van der Waals surface area contributed by atoms with Gasteiger partial charge in [0.15, 0.2) is 0 Å². The van der Waals surface area contributed by atoms with Crippen LogP contribution in [-0.4, -0.2) is 43.8 Å². The molecule has 0 saturated carbocycles.